The van der Waals surface area contributed by atoms with Crippen LogP contribution in [-0.4, -0.2) is 140 Å². The van der Waals surface area contributed by atoms with E-state index in [0.717, 1.165) is 12.5 Å². The monoisotopic (exact) mass is 602 g/mol. The van der Waals surface area contributed by atoms with Crippen molar-refractivity contribution >= 4 is 18.0 Å². The number of aliphatic carboxylic acids is 1. The molecule has 1 aromatic rings. The molecule has 2 heterocycles. The van der Waals surface area contributed by atoms with E-state index in [-0.39, 0.29) is 6.61 Å². The number of ether oxygens (including phenoxy) is 5. The Balaban J connectivity index is 1.72. The van der Waals surface area contributed by atoms with E-state index in [2.05, 4.69) is 0 Å². The van der Waals surface area contributed by atoms with Crippen LogP contribution < -0.4 is 0 Å². The Kier molecular flexibility index (Phi) is 12.3. The number of carbonyl (C=O) groups excluding carboxylic acids is 1. The maximum Gasteiger partial charge on any atom is 0.308 e. The van der Waals surface area contributed by atoms with Gasteiger partial charge in [-0.2, -0.15) is 0 Å². The average Bonchev–Trinajstić information content (AvgIpc) is 2.93. The lowest BCUT2D eigenvalue weighted by molar-refractivity contribution is -0.358. The van der Waals surface area contributed by atoms with Crippen LogP contribution in [0.2, 0.25) is 0 Å². The third-order valence-corrected chi connectivity index (χ3v) is 6.71. The van der Waals surface area contributed by atoms with E-state index in [1.807, 2.05) is 30.3 Å². The molecule has 2 aliphatic heterocycles. The van der Waals surface area contributed by atoms with Gasteiger partial charge in [-0.15, -0.1) is 0 Å². The van der Waals surface area contributed by atoms with E-state index in [4.69, 9.17) is 28.8 Å². The third kappa shape index (κ3) is 9.23. The fourth-order valence-corrected chi connectivity index (χ4v) is 4.50. The molecule has 42 heavy (non-hydrogen) atoms. The molecule has 15 nitrogen and oxygen atoms in total. The van der Waals surface area contributed by atoms with Gasteiger partial charge in [-0.1, -0.05) is 42.5 Å². The second-order valence-corrected chi connectivity index (χ2v) is 10.4. The van der Waals surface area contributed by atoms with Crippen LogP contribution >= 0.6 is 0 Å². The highest BCUT2D eigenvalue weighted by atomic mass is 16.7. The van der Waals surface area contributed by atoms with Crippen molar-refractivity contribution in [3.05, 3.63) is 42.0 Å². The summed E-state index contributed by atoms with van der Waals surface area (Å²) < 4.78 is 27.4. The summed E-state index contributed by atoms with van der Waals surface area (Å²) in [7, 11) is 0. The molecular formula is C27H38O15. The maximum absolute atomic E-state index is 12.4. The quantitative estimate of drug-likeness (QED) is 0.109. The number of aliphatic hydroxyl groups is 7. The normalized spacial score (nSPS) is 35.0. The second-order valence-electron chi connectivity index (χ2n) is 10.4. The standard InChI is InChI=1S/C27H38O15/c1-27(37,10-17(29)30)11-18(31)39-13-16-24(42-26-22(35)20(33)19(32)15(12-28)40-26)21(34)23(36)25(41-16)38-9-5-8-14-6-3-2-4-7-14/h2-8,15-16,19-26,28,32-37H,9-13H2,1H3,(H,29,30)/t15-,16+,19+,20+,21+,22+,23-,24-,25+,26-,27-/m0/s1. The van der Waals surface area contributed by atoms with Gasteiger partial charge in [-0.05, 0) is 12.5 Å². The summed E-state index contributed by atoms with van der Waals surface area (Å²) in [5.41, 5.74) is -1.04. The van der Waals surface area contributed by atoms with Gasteiger partial charge in [0.2, 0.25) is 0 Å². The fourth-order valence-electron chi connectivity index (χ4n) is 4.50. The van der Waals surface area contributed by atoms with Crippen LogP contribution in [0, 0.1) is 0 Å². The van der Waals surface area contributed by atoms with E-state index in [1.165, 1.54) is 0 Å². The number of rotatable bonds is 13. The minimum Gasteiger partial charge on any atom is -0.481 e. The number of carboxylic acid groups (broad SMARTS) is 1. The first-order valence-corrected chi connectivity index (χ1v) is 13.2. The van der Waals surface area contributed by atoms with Gasteiger partial charge in [0.25, 0.3) is 0 Å². The number of esters is 1. The smallest absolute Gasteiger partial charge is 0.308 e. The van der Waals surface area contributed by atoms with E-state index >= 15 is 0 Å². The molecule has 1 aromatic carbocycles. The molecule has 15 heteroatoms. The van der Waals surface area contributed by atoms with E-state index < -0.39 is 105 Å². The Morgan fingerprint density at radius 2 is 1.55 bits per heavy atom. The minimum absolute atomic E-state index is 0.0634. The van der Waals surface area contributed by atoms with Gasteiger partial charge >= 0.3 is 11.9 Å². The van der Waals surface area contributed by atoms with Crippen molar-refractivity contribution < 1.29 is 74.1 Å². The van der Waals surface area contributed by atoms with Crippen molar-refractivity contribution in [2.45, 2.75) is 86.8 Å². The lowest BCUT2D eigenvalue weighted by atomic mass is 9.97. The highest BCUT2D eigenvalue weighted by Crippen LogP contribution is 2.30. The summed E-state index contributed by atoms with van der Waals surface area (Å²) in [5.74, 6) is -2.35. The minimum atomic E-state index is -1.92. The van der Waals surface area contributed by atoms with Gasteiger partial charge in [-0.3, -0.25) is 9.59 Å². The molecule has 2 fully saturated rings. The largest absolute Gasteiger partial charge is 0.481 e. The maximum atomic E-state index is 12.4. The van der Waals surface area contributed by atoms with E-state index in [9.17, 15) is 45.3 Å². The van der Waals surface area contributed by atoms with Gasteiger partial charge in [0.15, 0.2) is 12.6 Å². The molecule has 0 spiro atoms. The van der Waals surface area contributed by atoms with Crippen molar-refractivity contribution in [2.75, 3.05) is 19.8 Å². The second kappa shape index (κ2) is 15.3. The Labute approximate surface area is 241 Å². The number of aliphatic hydroxyl groups excluding tert-OH is 6. The zero-order chi connectivity index (χ0) is 31.0. The zero-order valence-electron chi connectivity index (χ0n) is 22.8. The molecular weight excluding hydrogens is 564 g/mol. The number of carboxylic acids is 1. The molecule has 2 saturated heterocycles. The van der Waals surface area contributed by atoms with Crippen LogP contribution in [0.25, 0.3) is 6.08 Å². The lowest BCUT2D eigenvalue weighted by Crippen LogP contribution is -2.64. The molecule has 0 unspecified atom stereocenters. The molecule has 3 rings (SSSR count). The third-order valence-electron chi connectivity index (χ3n) is 6.71. The number of hydrogen-bond acceptors (Lipinski definition) is 14. The molecule has 0 saturated carbocycles. The molecule has 11 atom stereocenters. The molecule has 0 amide bonds. The molecule has 0 radical (unpaired) electrons. The highest BCUT2D eigenvalue weighted by Gasteiger charge is 2.51. The Bertz CT molecular complexity index is 1030. The Morgan fingerprint density at radius 3 is 2.19 bits per heavy atom. The molecule has 0 bridgehead atoms. The van der Waals surface area contributed by atoms with Crippen molar-refractivity contribution in [3.63, 3.8) is 0 Å². The topological polar surface area (TPSA) is 242 Å². The number of carbonyl (C=O) groups is 2. The van der Waals surface area contributed by atoms with Crippen LogP contribution in [0.5, 0.6) is 0 Å². The number of benzene rings is 1. The summed E-state index contributed by atoms with van der Waals surface area (Å²) in [6.07, 6.45) is -14.3. The van der Waals surface area contributed by atoms with Crippen LogP contribution in [0.1, 0.15) is 25.3 Å². The van der Waals surface area contributed by atoms with Crippen LogP contribution in [0.15, 0.2) is 36.4 Å². The van der Waals surface area contributed by atoms with Gasteiger partial charge in [0, 0.05) is 0 Å². The molecule has 8 N–H and O–H groups in total. The van der Waals surface area contributed by atoms with Crippen molar-refractivity contribution in [3.8, 4) is 0 Å². The van der Waals surface area contributed by atoms with Crippen molar-refractivity contribution in [1.29, 1.82) is 0 Å². The first-order valence-electron chi connectivity index (χ1n) is 13.2. The summed E-state index contributed by atoms with van der Waals surface area (Å²) in [5, 5.41) is 80.7. The van der Waals surface area contributed by atoms with Crippen LogP contribution in [0.4, 0.5) is 0 Å². The van der Waals surface area contributed by atoms with Crippen molar-refractivity contribution in [2.24, 2.45) is 0 Å². The average molecular weight is 603 g/mol. The fraction of sp³-hybridized carbons (Fsp3) is 0.630. The predicted molar refractivity (Wildman–Crippen MR) is 139 cm³/mol. The predicted octanol–water partition coefficient (Wildman–Crippen LogP) is -2.49. The highest BCUT2D eigenvalue weighted by molar-refractivity contribution is 5.73. The van der Waals surface area contributed by atoms with Gasteiger partial charge < -0.3 is 64.5 Å². The van der Waals surface area contributed by atoms with E-state index in [1.54, 1.807) is 12.2 Å². The van der Waals surface area contributed by atoms with Crippen LogP contribution in [0.3, 0.4) is 0 Å². The zero-order valence-corrected chi connectivity index (χ0v) is 22.8. The first kappa shape index (κ1) is 34.0. The van der Waals surface area contributed by atoms with Crippen LogP contribution in [-0.2, 0) is 33.3 Å². The summed E-state index contributed by atoms with van der Waals surface area (Å²) in [6.45, 7) is -0.321. The lowest BCUT2D eigenvalue weighted by Gasteiger charge is -2.46. The van der Waals surface area contributed by atoms with Gasteiger partial charge in [-0.25, -0.2) is 0 Å². The first-order chi connectivity index (χ1) is 19.8. The Morgan fingerprint density at radius 1 is 0.905 bits per heavy atom. The summed E-state index contributed by atoms with van der Waals surface area (Å²) in [6, 6.07) is 9.24. The molecule has 2 aliphatic rings. The van der Waals surface area contributed by atoms with E-state index in [0.29, 0.717) is 0 Å². The van der Waals surface area contributed by atoms with Crippen molar-refractivity contribution in [1.82, 2.24) is 0 Å². The molecule has 236 valence electrons. The molecule has 0 aromatic heterocycles. The summed E-state index contributed by atoms with van der Waals surface area (Å²) >= 11 is 0. The summed E-state index contributed by atoms with van der Waals surface area (Å²) in [4.78, 5) is 23.3. The molecule has 0 aliphatic carbocycles. The SMILES string of the molecule is C[C@](O)(CC(=O)O)CC(=O)OC[C@H]1O[C@@H](OCC=Cc2ccccc2)[C@@H](O)[C@@H](O)[C@H]1O[C@@H]1O[C@@H](CO)[C@@H](O)[C@@H](O)[C@H]1O. The van der Waals surface area contributed by atoms with Gasteiger partial charge in [0.05, 0.1) is 31.7 Å². The Hall–Kier alpha value is -2.54. The number of hydrogen-bond donors (Lipinski definition) is 8. The van der Waals surface area contributed by atoms with Gasteiger partial charge in [0.1, 0.15) is 55.4 Å².